The maximum atomic E-state index is 12.2. The molecule has 3 atom stereocenters. The molecular weight excluding hydrogens is 462 g/mol. The average Bonchev–Trinajstić information content (AvgIpc) is 2.75. The number of carbonyl (C=O) groups is 1. The molecule has 0 unspecified atom stereocenters. The molecule has 0 aliphatic heterocycles. The molecule has 182 valence electrons. The summed E-state index contributed by atoms with van der Waals surface area (Å²) in [7, 11) is -1.36. The van der Waals surface area contributed by atoms with Gasteiger partial charge in [-0.3, -0.25) is 9.69 Å². The predicted octanol–water partition coefficient (Wildman–Crippen LogP) is 3.59. The molecule has 0 saturated heterocycles. The van der Waals surface area contributed by atoms with E-state index in [9.17, 15) is 19.9 Å². The highest BCUT2D eigenvalue weighted by Gasteiger charge is 2.47. The van der Waals surface area contributed by atoms with Gasteiger partial charge in [0.25, 0.3) is 0 Å². The first kappa shape index (κ1) is 29.4. The molecule has 1 aliphatic rings. The average molecular weight is 497 g/mol. The molecule has 0 radical (unpaired) electrons. The van der Waals surface area contributed by atoms with Crippen molar-refractivity contribution in [3.63, 3.8) is 0 Å². The normalized spacial score (nSPS) is 22.2. The number of nitrogens with zero attached hydrogens (tertiary/aromatic N) is 1. The van der Waals surface area contributed by atoms with E-state index in [1.807, 2.05) is 36.4 Å². The fourth-order valence-electron chi connectivity index (χ4n) is 4.77. The number of aliphatic carboxylic acids is 1. The van der Waals surface area contributed by atoms with Crippen LogP contribution in [0.4, 0.5) is 0 Å². The third kappa shape index (κ3) is 8.60. The van der Waals surface area contributed by atoms with Crippen LogP contribution < -0.4 is 5.73 Å². The number of rotatable bonds is 10. The molecule has 9 heteroatoms. The molecule has 6 nitrogen and oxygen atoms in total. The summed E-state index contributed by atoms with van der Waals surface area (Å²) in [6.07, 6.45) is 2.76. The van der Waals surface area contributed by atoms with Crippen molar-refractivity contribution in [3.05, 3.63) is 71.8 Å². The van der Waals surface area contributed by atoms with E-state index in [0.717, 1.165) is 25.9 Å². The summed E-state index contributed by atoms with van der Waals surface area (Å²) in [5.74, 6) is -1.05. The van der Waals surface area contributed by atoms with Gasteiger partial charge in [-0.2, -0.15) is 0 Å². The summed E-state index contributed by atoms with van der Waals surface area (Å²) in [5, 5.41) is 28.4. The van der Waals surface area contributed by atoms with E-state index in [1.165, 1.54) is 11.1 Å². The topological polar surface area (TPSA) is 107 Å². The molecule has 2 aromatic rings. The second-order valence-corrected chi connectivity index (χ2v) is 8.89. The van der Waals surface area contributed by atoms with Crippen LogP contribution in [-0.4, -0.2) is 45.2 Å². The maximum absolute atomic E-state index is 12.2. The van der Waals surface area contributed by atoms with Gasteiger partial charge in [0.15, 0.2) is 0 Å². The van der Waals surface area contributed by atoms with Gasteiger partial charge in [-0.1, -0.05) is 67.1 Å². The number of carboxylic acid groups (broad SMARTS) is 1. The molecule has 1 fully saturated rings. The van der Waals surface area contributed by atoms with Crippen molar-refractivity contribution in [3.8, 4) is 0 Å². The molecule has 3 rings (SSSR count). The van der Waals surface area contributed by atoms with E-state index < -0.39 is 18.6 Å². The quantitative estimate of drug-likeness (QED) is 0.374. The van der Waals surface area contributed by atoms with Gasteiger partial charge in [0.2, 0.25) is 0 Å². The number of hydrogen-bond donors (Lipinski definition) is 4. The highest BCUT2D eigenvalue weighted by Crippen LogP contribution is 2.39. The zero-order chi connectivity index (χ0) is 22.3. The van der Waals surface area contributed by atoms with Crippen molar-refractivity contribution in [2.45, 2.75) is 50.6 Å². The van der Waals surface area contributed by atoms with Crippen molar-refractivity contribution in [2.75, 3.05) is 6.54 Å². The van der Waals surface area contributed by atoms with Crippen LogP contribution in [0.25, 0.3) is 0 Å². The standard InChI is InChI=1S/C24H33BN2O4.2ClH/c26-24(23(28)29)15-19(13-14-25(30)31)11-12-22(24)18-27(16-20-7-3-1-4-8-20)17-21-9-5-2-6-10-21;;/h1-10,19,22,30-31H,11-18,26H2,(H,28,29);2*1H/t19-,22-,24+;;/m0../s1. The third-order valence-corrected chi connectivity index (χ3v) is 6.49. The zero-order valence-electron chi connectivity index (χ0n) is 18.8. The lowest BCUT2D eigenvalue weighted by atomic mass is 9.66. The van der Waals surface area contributed by atoms with Gasteiger partial charge in [0.1, 0.15) is 5.54 Å². The summed E-state index contributed by atoms with van der Waals surface area (Å²) < 4.78 is 0. The van der Waals surface area contributed by atoms with Crippen LogP contribution in [0.1, 0.15) is 36.8 Å². The Morgan fingerprint density at radius 3 is 1.94 bits per heavy atom. The van der Waals surface area contributed by atoms with Gasteiger partial charge in [0.05, 0.1) is 0 Å². The van der Waals surface area contributed by atoms with Gasteiger partial charge in [-0.05, 0) is 42.6 Å². The second kappa shape index (κ2) is 13.9. The van der Waals surface area contributed by atoms with E-state index in [4.69, 9.17) is 5.73 Å². The Hall–Kier alpha value is -1.61. The maximum Gasteiger partial charge on any atom is 0.451 e. The van der Waals surface area contributed by atoms with Gasteiger partial charge in [0, 0.05) is 25.6 Å². The Morgan fingerprint density at radius 2 is 1.48 bits per heavy atom. The minimum Gasteiger partial charge on any atom is -0.480 e. The smallest absolute Gasteiger partial charge is 0.451 e. The number of hydrogen-bond acceptors (Lipinski definition) is 5. The van der Waals surface area contributed by atoms with Crippen LogP contribution >= 0.6 is 24.8 Å². The predicted molar refractivity (Wildman–Crippen MR) is 136 cm³/mol. The number of halogens is 2. The summed E-state index contributed by atoms with van der Waals surface area (Å²) in [4.78, 5) is 14.5. The van der Waals surface area contributed by atoms with E-state index in [0.29, 0.717) is 19.4 Å². The summed E-state index contributed by atoms with van der Waals surface area (Å²) in [6.45, 7) is 2.05. The minimum absolute atomic E-state index is 0. The number of carboxylic acids is 1. The van der Waals surface area contributed by atoms with Crippen LogP contribution in [-0.2, 0) is 17.9 Å². The Kier molecular flexibility index (Phi) is 12.4. The molecule has 33 heavy (non-hydrogen) atoms. The third-order valence-electron chi connectivity index (χ3n) is 6.49. The Morgan fingerprint density at radius 1 is 0.970 bits per heavy atom. The first-order chi connectivity index (χ1) is 14.9. The molecule has 1 saturated carbocycles. The van der Waals surface area contributed by atoms with Crippen molar-refractivity contribution >= 4 is 37.9 Å². The lowest BCUT2D eigenvalue weighted by Gasteiger charge is -2.43. The van der Waals surface area contributed by atoms with Gasteiger partial charge >= 0.3 is 13.1 Å². The zero-order valence-corrected chi connectivity index (χ0v) is 20.4. The largest absolute Gasteiger partial charge is 0.480 e. The highest BCUT2D eigenvalue weighted by molar-refractivity contribution is 6.40. The minimum atomic E-state index is -1.36. The van der Waals surface area contributed by atoms with E-state index in [1.54, 1.807) is 0 Å². The van der Waals surface area contributed by atoms with Crippen LogP contribution in [0, 0.1) is 11.8 Å². The van der Waals surface area contributed by atoms with Crippen molar-refractivity contribution in [1.29, 1.82) is 0 Å². The molecule has 0 spiro atoms. The summed E-state index contributed by atoms with van der Waals surface area (Å²) >= 11 is 0. The molecule has 0 bridgehead atoms. The lowest BCUT2D eigenvalue weighted by Crippen LogP contribution is -2.60. The molecular formula is C24H35BCl2N2O4. The molecule has 0 aromatic heterocycles. The summed E-state index contributed by atoms with van der Waals surface area (Å²) in [6, 6.07) is 20.4. The van der Waals surface area contributed by atoms with Gasteiger partial charge in [-0.25, -0.2) is 0 Å². The van der Waals surface area contributed by atoms with Crippen molar-refractivity contribution < 1.29 is 19.9 Å². The van der Waals surface area contributed by atoms with E-state index in [-0.39, 0.29) is 43.0 Å². The second-order valence-electron chi connectivity index (χ2n) is 8.89. The van der Waals surface area contributed by atoms with E-state index >= 15 is 0 Å². The lowest BCUT2D eigenvalue weighted by molar-refractivity contribution is -0.148. The van der Waals surface area contributed by atoms with Gasteiger partial charge < -0.3 is 20.9 Å². The molecule has 1 aliphatic carbocycles. The van der Waals surface area contributed by atoms with Gasteiger partial charge in [-0.15, -0.1) is 24.8 Å². The fourth-order valence-corrected chi connectivity index (χ4v) is 4.77. The first-order valence-electron chi connectivity index (χ1n) is 11.1. The monoisotopic (exact) mass is 496 g/mol. The van der Waals surface area contributed by atoms with E-state index in [2.05, 4.69) is 29.2 Å². The molecule has 2 aromatic carbocycles. The highest BCUT2D eigenvalue weighted by atomic mass is 35.5. The molecule has 0 heterocycles. The SMILES string of the molecule is Cl.Cl.N[C@]1(C(=O)O)C[C@H](CCB(O)O)CC[C@H]1CN(Cc1ccccc1)Cc1ccccc1. The Labute approximate surface area is 209 Å². The number of benzene rings is 2. The Bertz CT molecular complexity index is 790. The first-order valence-corrected chi connectivity index (χ1v) is 11.1. The van der Waals surface area contributed by atoms with Crippen LogP contribution in [0.3, 0.4) is 0 Å². The number of nitrogens with two attached hydrogens (primary N) is 1. The van der Waals surface area contributed by atoms with Crippen molar-refractivity contribution in [2.24, 2.45) is 17.6 Å². The Balaban J connectivity index is 0.00000272. The van der Waals surface area contributed by atoms with Crippen LogP contribution in [0.5, 0.6) is 0 Å². The molecule has 0 amide bonds. The van der Waals surface area contributed by atoms with Crippen LogP contribution in [0.15, 0.2) is 60.7 Å². The summed E-state index contributed by atoms with van der Waals surface area (Å²) in [5.41, 5.74) is 7.58. The fraction of sp³-hybridized carbons (Fsp3) is 0.458. The molecule has 5 N–H and O–H groups in total. The van der Waals surface area contributed by atoms with Crippen molar-refractivity contribution in [1.82, 2.24) is 4.90 Å². The van der Waals surface area contributed by atoms with Crippen LogP contribution in [0.2, 0.25) is 6.32 Å².